The maximum absolute atomic E-state index is 12.1. The minimum Gasteiger partial charge on any atom is -0.326 e. The van der Waals surface area contributed by atoms with Crippen LogP contribution in [-0.4, -0.2) is 31.6 Å². The zero-order valence-corrected chi connectivity index (χ0v) is 19.4. The van der Waals surface area contributed by atoms with Crippen LogP contribution in [0.25, 0.3) is 27.5 Å². The summed E-state index contributed by atoms with van der Waals surface area (Å²) in [5.41, 5.74) is 6.62. The lowest BCUT2D eigenvalue weighted by atomic mass is 9.95. The summed E-state index contributed by atoms with van der Waals surface area (Å²) in [5.74, 6) is 0.102. The maximum atomic E-state index is 12.1. The average Bonchev–Trinajstić information content (AvgIpc) is 3.50. The van der Waals surface area contributed by atoms with Crippen LogP contribution in [0.4, 0.5) is 10.8 Å². The molecule has 1 saturated carbocycles. The number of hydrogen-bond acceptors (Lipinski definition) is 6. The highest BCUT2D eigenvalue weighted by Gasteiger charge is 2.31. The minimum absolute atomic E-state index is 0.0860. The summed E-state index contributed by atoms with van der Waals surface area (Å²) in [6.45, 7) is 1.49. The normalized spacial score (nSPS) is 14.3. The number of hydrogen-bond donors (Lipinski definition) is 2. The molecule has 1 fully saturated rings. The number of fused-ring (bicyclic) bond motifs is 3. The number of benzene rings is 1. The van der Waals surface area contributed by atoms with Gasteiger partial charge in [-0.2, -0.15) is 5.10 Å². The van der Waals surface area contributed by atoms with E-state index >= 15 is 0 Å². The van der Waals surface area contributed by atoms with Gasteiger partial charge in [-0.1, -0.05) is 11.3 Å². The van der Waals surface area contributed by atoms with Gasteiger partial charge in [-0.3, -0.25) is 14.6 Å². The molecule has 34 heavy (non-hydrogen) atoms. The van der Waals surface area contributed by atoms with Gasteiger partial charge in [0.15, 0.2) is 5.13 Å². The molecule has 9 heteroatoms. The number of pyridine rings is 1. The van der Waals surface area contributed by atoms with Gasteiger partial charge in [-0.05, 0) is 62.1 Å². The van der Waals surface area contributed by atoms with Crippen molar-refractivity contribution >= 4 is 34.0 Å². The summed E-state index contributed by atoms with van der Waals surface area (Å²) in [4.78, 5) is 33.7. The van der Waals surface area contributed by atoms with Gasteiger partial charge in [0.05, 0.1) is 27.6 Å². The predicted octanol–water partition coefficient (Wildman–Crippen LogP) is 4.46. The Morgan fingerprint density at radius 3 is 2.62 bits per heavy atom. The second kappa shape index (κ2) is 8.18. The third-order valence-corrected chi connectivity index (χ3v) is 7.07. The first-order chi connectivity index (χ1) is 16.6. The Balaban J connectivity index is 1.45. The third kappa shape index (κ3) is 3.77. The van der Waals surface area contributed by atoms with Gasteiger partial charge in [-0.25, -0.2) is 9.67 Å². The molecule has 0 aliphatic heterocycles. The van der Waals surface area contributed by atoms with Crippen molar-refractivity contribution in [3.8, 4) is 27.5 Å². The van der Waals surface area contributed by atoms with E-state index in [1.54, 1.807) is 6.20 Å². The van der Waals surface area contributed by atoms with Crippen molar-refractivity contribution in [2.24, 2.45) is 5.92 Å². The van der Waals surface area contributed by atoms with Crippen molar-refractivity contribution < 1.29 is 9.59 Å². The van der Waals surface area contributed by atoms with E-state index in [4.69, 9.17) is 5.10 Å². The molecule has 0 atom stereocenters. The van der Waals surface area contributed by atoms with Crippen LogP contribution < -0.4 is 10.6 Å². The number of aromatic nitrogens is 4. The summed E-state index contributed by atoms with van der Waals surface area (Å²) >= 11 is 1.47. The fourth-order valence-electron chi connectivity index (χ4n) is 4.27. The van der Waals surface area contributed by atoms with E-state index in [1.165, 1.54) is 18.3 Å². The molecule has 8 nitrogen and oxygen atoms in total. The molecule has 2 amide bonds. The SMILES string of the molecule is CC(=O)Nc1nc2c(s1)-c1c(c(-c3cccnc3)nn1-c1ccc(NC(=O)C3CC3)cc1)CC2. The van der Waals surface area contributed by atoms with Gasteiger partial charge in [0, 0.05) is 42.0 Å². The van der Waals surface area contributed by atoms with Gasteiger partial charge in [-0.15, -0.1) is 0 Å². The molecule has 0 bridgehead atoms. The quantitative estimate of drug-likeness (QED) is 0.448. The largest absolute Gasteiger partial charge is 0.326 e. The van der Waals surface area contributed by atoms with E-state index in [0.717, 1.165) is 70.1 Å². The molecular formula is C25H22N6O2S. The predicted molar refractivity (Wildman–Crippen MR) is 131 cm³/mol. The second-order valence-electron chi connectivity index (χ2n) is 8.62. The van der Waals surface area contributed by atoms with Crippen LogP contribution in [0.15, 0.2) is 48.8 Å². The number of thiazole rings is 1. The van der Waals surface area contributed by atoms with Crippen molar-refractivity contribution in [1.29, 1.82) is 0 Å². The lowest BCUT2D eigenvalue weighted by Crippen LogP contribution is -2.13. The summed E-state index contributed by atoms with van der Waals surface area (Å²) in [6, 6.07) is 11.7. The van der Waals surface area contributed by atoms with Crippen molar-refractivity contribution in [3.63, 3.8) is 0 Å². The number of carbonyl (C=O) groups excluding carboxylic acids is 2. The highest BCUT2D eigenvalue weighted by Crippen LogP contribution is 2.44. The first-order valence-electron chi connectivity index (χ1n) is 11.3. The maximum Gasteiger partial charge on any atom is 0.227 e. The van der Waals surface area contributed by atoms with Crippen LogP contribution >= 0.6 is 11.3 Å². The molecule has 2 N–H and O–H groups in total. The fourth-order valence-corrected chi connectivity index (χ4v) is 5.39. The molecule has 0 spiro atoms. The molecule has 3 heterocycles. The first kappa shape index (κ1) is 20.7. The van der Waals surface area contributed by atoms with Crippen LogP contribution in [0.3, 0.4) is 0 Å². The third-order valence-electron chi connectivity index (χ3n) is 6.05. The number of amides is 2. The van der Waals surface area contributed by atoms with E-state index in [9.17, 15) is 9.59 Å². The molecule has 0 unspecified atom stereocenters. The molecule has 3 aromatic heterocycles. The highest BCUT2D eigenvalue weighted by molar-refractivity contribution is 7.19. The summed E-state index contributed by atoms with van der Waals surface area (Å²) in [6.07, 6.45) is 7.10. The van der Waals surface area contributed by atoms with E-state index in [2.05, 4.69) is 20.6 Å². The van der Waals surface area contributed by atoms with E-state index < -0.39 is 0 Å². The summed E-state index contributed by atoms with van der Waals surface area (Å²) in [5, 5.41) is 11.4. The first-order valence-corrected chi connectivity index (χ1v) is 12.1. The van der Waals surface area contributed by atoms with Crippen molar-refractivity contribution in [2.45, 2.75) is 32.6 Å². The van der Waals surface area contributed by atoms with Crippen molar-refractivity contribution in [3.05, 3.63) is 60.0 Å². The molecule has 1 aromatic carbocycles. The summed E-state index contributed by atoms with van der Waals surface area (Å²) < 4.78 is 1.94. The van der Waals surface area contributed by atoms with Gasteiger partial charge in [0.2, 0.25) is 11.8 Å². The summed E-state index contributed by atoms with van der Waals surface area (Å²) in [7, 11) is 0. The average molecular weight is 471 g/mol. The van der Waals surface area contributed by atoms with Crippen LogP contribution in [0.2, 0.25) is 0 Å². The van der Waals surface area contributed by atoms with Crippen LogP contribution in [0.5, 0.6) is 0 Å². The molecule has 2 aliphatic carbocycles. The molecule has 4 aromatic rings. The minimum atomic E-state index is -0.139. The van der Waals surface area contributed by atoms with Crippen LogP contribution in [0.1, 0.15) is 31.0 Å². The Bertz CT molecular complexity index is 1400. The standard InChI is InChI=1S/C25H22N6O2S/c1-14(32)27-25-29-20-11-10-19-21(16-3-2-12-26-13-16)30-31(22(19)23(20)34-25)18-8-6-17(7-9-18)28-24(33)15-4-5-15/h2-3,6-9,12-13,15H,4-5,10-11H2,1H3,(H,28,33)(H,27,29,32). The van der Waals surface area contributed by atoms with Crippen molar-refractivity contribution in [1.82, 2.24) is 19.7 Å². The number of nitrogens with zero attached hydrogens (tertiary/aromatic N) is 4. The monoisotopic (exact) mass is 470 g/mol. The smallest absolute Gasteiger partial charge is 0.227 e. The lowest BCUT2D eigenvalue weighted by Gasteiger charge is -2.14. The van der Waals surface area contributed by atoms with Crippen molar-refractivity contribution in [2.75, 3.05) is 10.6 Å². The number of rotatable bonds is 5. The Morgan fingerprint density at radius 2 is 1.91 bits per heavy atom. The highest BCUT2D eigenvalue weighted by atomic mass is 32.1. The van der Waals surface area contributed by atoms with Gasteiger partial charge in [0.25, 0.3) is 0 Å². The zero-order valence-electron chi connectivity index (χ0n) is 18.5. The molecule has 0 saturated heterocycles. The Hall–Kier alpha value is -3.85. The Labute approximate surface area is 200 Å². The van der Waals surface area contributed by atoms with E-state index in [1.807, 2.05) is 47.3 Å². The number of anilines is 2. The molecule has 6 rings (SSSR count). The number of aryl methyl sites for hydroxylation is 1. The zero-order chi connectivity index (χ0) is 23.2. The molecular weight excluding hydrogens is 448 g/mol. The molecule has 0 radical (unpaired) electrons. The fraction of sp³-hybridized carbons (Fsp3) is 0.240. The van der Waals surface area contributed by atoms with Gasteiger partial charge in [0.1, 0.15) is 0 Å². The topological polar surface area (TPSA) is 102 Å². The van der Waals surface area contributed by atoms with E-state index in [0.29, 0.717) is 5.13 Å². The molecule has 2 aliphatic rings. The lowest BCUT2D eigenvalue weighted by molar-refractivity contribution is -0.117. The second-order valence-corrected chi connectivity index (χ2v) is 9.61. The molecule has 170 valence electrons. The van der Waals surface area contributed by atoms with Gasteiger partial charge < -0.3 is 10.6 Å². The number of carbonyl (C=O) groups is 2. The Morgan fingerprint density at radius 1 is 1.09 bits per heavy atom. The van der Waals surface area contributed by atoms with Crippen LogP contribution in [-0.2, 0) is 22.4 Å². The Kier molecular flexibility index (Phi) is 4.99. The van der Waals surface area contributed by atoms with Crippen LogP contribution in [0, 0.1) is 5.92 Å². The van der Waals surface area contributed by atoms with Gasteiger partial charge >= 0.3 is 0 Å². The van der Waals surface area contributed by atoms with E-state index in [-0.39, 0.29) is 17.7 Å². The number of nitrogens with one attached hydrogen (secondary N) is 2.